The lowest BCUT2D eigenvalue weighted by molar-refractivity contribution is -0.114. The summed E-state index contributed by atoms with van der Waals surface area (Å²) in [5.41, 5.74) is 5.19. The molecule has 0 aliphatic carbocycles. The van der Waals surface area contributed by atoms with Gasteiger partial charge in [-0.3, -0.25) is 4.79 Å². The van der Waals surface area contributed by atoms with Crippen LogP contribution in [0.15, 0.2) is 22.7 Å². The number of carbonyl (C=O) groups is 1. The third-order valence-electron chi connectivity index (χ3n) is 1.39. The molecule has 1 aromatic rings. The van der Waals surface area contributed by atoms with Crippen LogP contribution in [0.3, 0.4) is 0 Å². The Hall–Kier alpha value is -0.940. The smallest absolute Gasteiger partial charge is 0.238 e. The number of amides is 1. The summed E-state index contributed by atoms with van der Waals surface area (Å²) in [6.45, 7) is -0.157. The zero-order valence-electron chi connectivity index (χ0n) is 6.68. The van der Waals surface area contributed by atoms with Crippen LogP contribution >= 0.6 is 15.9 Å². The van der Waals surface area contributed by atoms with E-state index >= 15 is 0 Å². The van der Waals surface area contributed by atoms with Crippen molar-refractivity contribution in [1.82, 2.24) is 0 Å². The zero-order chi connectivity index (χ0) is 9.84. The molecule has 0 bridgehead atoms. The van der Waals surface area contributed by atoms with E-state index in [0.29, 0.717) is 4.47 Å². The molecule has 3 nitrogen and oxygen atoms in total. The molecule has 70 valence electrons. The minimum atomic E-state index is -0.490. The van der Waals surface area contributed by atoms with Crippen molar-refractivity contribution in [3.63, 3.8) is 0 Å². The number of nitrogens with two attached hydrogens (primary N) is 1. The minimum absolute atomic E-state index is 0.138. The van der Waals surface area contributed by atoms with Gasteiger partial charge in [-0.1, -0.05) is 15.9 Å². The quantitative estimate of drug-likeness (QED) is 0.831. The number of hydrogen-bond acceptors (Lipinski definition) is 2. The SMILES string of the molecule is NCC(=O)Nc1ccc(Br)cc1F. The Balaban J connectivity index is 2.83. The van der Waals surface area contributed by atoms with E-state index in [9.17, 15) is 9.18 Å². The number of halogens is 2. The Labute approximate surface area is 83.2 Å². The summed E-state index contributed by atoms with van der Waals surface area (Å²) in [6.07, 6.45) is 0. The number of anilines is 1. The van der Waals surface area contributed by atoms with Gasteiger partial charge in [0.1, 0.15) is 5.82 Å². The molecular formula is C8H8BrFN2O. The van der Waals surface area contributed by atoms with Crippen LogP contribution in [0.5, 0.6) is 0 Å². The minimum Gasteiger partial charge on any atom is -0.322 e. The average Bonchev–Trinajstić information content (AvgIpc) is 2.09. The Morgan fingerprint density at radius 3 is 2.85 bits per heavy atom. The Morgan fingerprint density at radius 2 is 2.31 bits per heavy atom. The second-order valence-electron chi connectivity index (χ2n) is 2.38. The van der Waals surface area contributed by atoms with E-state index in [2.05, 4.69) is 21.2 Å². The fraction of sp³-hybridized carbons (Fsp3) is 0.125. The van der Waals surface area contributed by atoms with Crippen LogP contribution < -0.4 is 11.1 Å². The molecule has 0 aliphatic heterocycles. The van der Waals surface area contributed by atoms with Gasteiger partial charge in [0.05, 0.1) is 12.2 Å². The maximum absolute atomic E-state index is 13.1. The molecular weight excluding hydrogens is 239 g/mol. The van der Waals surface area contributed by atoms with Crippen LogP contribution in [0.4, 0.5) is 10.1 Å². The molecule has 0 aliphatic rings. The molecule has 0 heterocycles. The van der Waals surface area contributed by atoms with Crippen molar-refractivity contribution in [2.45, 2.75) is 0 Å². The first kappa shape index (κ1) is 10.1. The maximum Gasteiger partial charge on any atom is 0.238 e. The maximum atomic E-state index is 13.1. The Morgan fingerprint density at radius 1 is 1.62 bits per heavy atom. The largest absolute Gasteiger partial charge is 0.322 e. The Bertz CT molecular complexity index is 330. The molecule has 5 heteroatoms. The fourth-order valence-electron chi connectivity index (χ4n) is 0.792. The summed E-state index contributed by atoms with van der Waals surface area (Å²) in [4.78, 5) is 10.8. The standard InChI is InChI=1S/C8H8BrFN2O/c9-5-1-2-7(6(10)3-5)12-8(13)4-11/h1-3H,4,11H2,(H,12,13). The van der Waals surface area contributed by atoms with Crippen molar-refractivity contribution in [1.29, 1.82) is 0 Å². The highest BCUT2D eigenvalue weighted by Crippen LogP contribution is 2.18. The lowest BCUT2D eigenvalue weighted by Crippen LogP contribution is -2.22. The summed E-state index contributed by atoms with van der Waals surface area (Å²) in [6, 6.07) is 4.37. The van der Waals surface area contributed by atoms with E-state index < -0.39 is 11.7 Å². The molecule has 0 saturated carbocycles. The predicted molar refractivity (Wildman–Crippen MR) is 51.8 cm³/mol. The molecule has 0 saturated heterocycles. The number of carbonyl (C=O) groups excluding carboxylic acids is 1. The van der Waals surface area contributed by atoms with Gasteiger partial charge < -0.3 is 11.1 Å². The number of hydrogen-bond donors (Lipinski definition) is 2. The topological polar surface area (TPSA) is 55.1 Å². The molecule has 1 rings (SSSR count). The fourth-order valence-corrected chi connectivity index (χ4v) is 1.13. The Kier molecular flexibility index (Phi) is 3.39. The number of benzene rings is 1. The van der Waals surface area contributed by atoms with Gasteiger partial charge in [-0.25, -0.2) is 4.39 Å². The molecule has 0 spiro atoms. The molecule has 3 N–H and O–H groups in total. The summed E-state index contributed by atoms with van der Waals surface area (Å²) >= 11 is 3.10. The highest BCUT2D eigenvalue weighted by molar-refractivity contribution is 9.10. The van der Waals surface area contributed by atoms with Crippen LogP contribution in [0.1, 0.15) is 0 Å². The zero-order valence-corrected chi connectivity index (χ0v) is 8.27. The van der Waals surface area contributed by atoms with Crippen LogP contribution in [0.2, 0.25) is 0 Å². The van der Waals surface area contributed by atoms with Gasteiger partial charge >= 0.3 is 0 Å². The second kappa shape index (κ2) is 4.34. The molecule has 0 radical (unpaired) electrons. The highest BCUT2D eigenvalue weighted by atomic mass is 79.9. The summed E-state index contributed by atoms with van der Waals surface area (Å²) in [5.74, 6) is -0.905. The molecule has 1 aromatic carbocycles. The lowest BCUT2D eigenvalue weighted by Gasteiger charge is -2.04. The van der Waals surface area contributed by atoms with Crippen LogP contribution in [-0.2, 0) is 4.79 Å². The van der Waals surface area contributed by atoms with Crippen molar-refractivity contribution in [2.24, 2.45) is 5.73 Å². The lowest BCUT2D eigenvalue weighted by atomic mass is 10.3. The van der Waals surface area contributed by atoms with Crippen LogP contribution in [0, 0.1) is 5.82 Å². The first-order valence-corrected chi connectivity index (χ1v) is 4.37. The summed E-state index contributed by atoms with van der Waals surface area (Å²) in [7, 11) is 0. The van der Waals surface area contributed by atoms with Crippen LogP contribution in [0.25, 0.3) is 0 Å². The van der Waals surface area contributed by atoms with Crippen molar-refractivity contribution < 1.29 is 9.18 Å². The monoisotopic (exact) mass is 246 g/mol. The van der Waals surface area contributed by atoms with E-state index in [-0.39, 0.29) is 12.2 Å². The summed E-state index contributed by atoms with van der Waals surface area (Å²) < 4.78 is 13.7. The summed E-state index contributed by atoms with van der Waals surface area (Å²) in [5, 5.41) is 2.33. The highest BCUT2D eigenvalue weighted by Gasteiger charge is 2.04. The number of rotatable bonds is 2. The third-order valence-corrected chi connectivity index (χ3v) is 1.88. The van der Waals surface area contributed by atoms with Crippen molar-refractivity contribution in [3.8, 4) is 0 Å². The van der Waals surface area contributed by atoms with Gasteiger partial charge in [0.25, 0.3) is 0 Å². The normalized spacial score (nSPS) is 9.77. The van der Waals surface area contributed by atoms with Crippen molar-refractivity contribution >= 4 is 27.5 Å². The van der Waals surface area contributed by atoms with Gasteiger partial charge in [0.15, 0.2) is 0 Å². The van der Waals surface area contributed by atoms with Crippen LogP contribution in [-0.4, -0.2) is 12.5 Å². The average molecular weight is 247 g/mol. The second-order valence-corrected chi connectivity index (χ2v) is 3.29. The van der Waals surface area contributed by atoms with Gasteiger partial charge in [-0.2, -0.15) is 0 Å². The van der Waals surface area contributed by atoms with Crippen molar-refractivity contribution in [2.75, 3.05) is 11.9 Å². The van der Waals surface area contributed by atoms with E-state index in [0.717, 1.165) is 0 Å². The third kappa shape index (κ3) is 2.78. The number of nitrogens with one attached hydrogen (secondary N) is 1. The van der Waals surface area contributed by atoms with Gasteiger partial charge in [0.2, 0.25) is 5.91 Å². The molecule has 0 aromatic heterocycles. The first-order valence-electron chi connectivity index (χ1n) is 3.58. The molecule has 0 fully saturated rings. The van der Waals surface area contributed by atoms with Gasteiger partial charge in [0, 0.05) is 4.47 Å². The van der Waals surface area contributed by atoms with Crippen molar-refractivity contribution in [3.05, 3.63) is 28.5 Å². The van der Waals surface area contributed by atoms with Gasteiger partial charge in [-0.05, 0) is 18.2 Å². The molecule has 0 unspecified atom stereocenters. The molecule has 13 heavy (non-hydrogen) atoms. The van der Waals surface area contributed by atoms with E-state index in [1.165, 1.54) is 12.1 Å². The van der Waals surface area contributed by atoms with Gasteiger partial charge in [-0.15, -0.1) is 0 Å². The molecule has 1 amide bonds. The molecule has 0 atom stereocenters. The predicted octanol–water partition coefficient (Wildman–Crippen LogP) is 1.49. The van der Waals surface area contributed by atoms with E-state index in [1.54, 1.807) is 6.07 Å². The van der Waals surface area contributed by atoms with E-state index in [4.69, 9.17) is 5.73 Å². The van der Waals surface area contributed by atoms with E-state index in [1.807, 2.05) is 0 Å². The first-order chi connectivity index (χ1) is 6.13.